The van der Waals surface area contributed by atoms with Gasteiger partial charge < -0.3 is 27.1 Å². The summed E-state index contributed by atoms with van der Waals surface area (Å²) in [5, 5.41) is 12.4. The van der Waals surface area contributed by atoms with Crippen molar-refractivity contribution in [1.82, 2.24) is 39.3 Å². The lowest BCUT2D eigenvalue weighted by Crippen LogP contribution is -2.46. The number of benzene rings is 2. The van der Waals surface area contributed by atoms with Crippen molar-refractivity contribution in [2.24, 2.45) is 16.5 Å². The summed E-state index contributed by atoms with van der Waals surface area (Å²) >= 11 is 5.92. The van der Waals surface area contributed by atoms with Crippen molar-refractivity contribution in [2.75, 3.05) is 32.7 Å². The van der Waals surface area contributed by atoms with E-state index in [4.69, 9.17) is 23.1 Å². The number of fused-ring (bicyclic) bond motifs is 1. The Hall–Kier alpha value is -4.54. The van der Waals surface area contributed by atoms with E-state index in [1.807, 2.05) is 42.6 Å². The number of sulfonamides is 1. The van der Waals surface area contributed by atoms with Crippen LogP contribution in [0.4, 0.5) is 0 Å². The van der Waals surface area contributed by atoms with Gasteiger partial charge in [-0.05, 0) is 92.2 Å². The Balaban J connectivity index is 0.000000221. The first kappa shape index (κ1) is 44.6. The number of aromatic amines is 1. The molecule has 0 amide bonds. The fourth-order valence-corrected chi connectivity index (χ4v) is 8.59. The molecular weight excluding hydrogens is 774 g/mol. The Morgan fingerprint density at radius 2 is 1.67 bits per heavy atom. The maximum Gasteiger partial charge on any atom is 0.354 e. The molecule has 5 aromatic rings. The zero-order chi connectivity index (χ0) is 42.1. The highest BCUT2D eigenvalue weighted by Gasteiger charge is 2.32. The van der Waals surface area contributed by atoms with E-state index in [0.29, 0.717) is 41.6 Å². The van der Waals surface area contributed by atoms with Crippen LogP contribution in [-0.2, 0) is 33.9 Å². The van der Waals surface area contributed by atoms with Crippen molar-refractivity contribution in [1.29, 1.82) is 0 Å². The van der Waals surface area contributed by atoms with Crippen molar-refractivity contribution in [3.8, 4) is 5.69 Å². The fourth-order valence-electron chi connectivity index (χ4n) is 6.71. The predicted molar refractivity (Wildman–Crippen MR) is 234 cm³/mol. The quantitative estimate of drug-likeness (QED) is 0.0551. The van der Waals surface area contributed by atoms with Crippen LogP contribution in [0.2, 0.25) is 5.02 Å². The minimum absolute atomic E-state index is 0.0118. The van der Waals surface area contributed by atoms with Crippen LogP contribution in [0.3, 0.4) is 0 Å². The molecule has 314 valence electrons. The van der Waals surface area contributed by atoms with Gasteiger partial charge in [0, 0.05) is 61.1 Å². The van der Waals surface area contributed by atoms with Crippen molar-refractivity contribution in [3.63, 3.8) is 0 Å². The molecule has 3 aromatic heterocycles. The Morgan fingerprint density at radius 1 is 0.983 bits per heavy atom. The lowest BCUT2D eigenvalue weighted by molar-refractivity contribution is 0.255. The highest BCUT2D eigenvalue weighted by molar-refractivity contribution is 7.89. The molecule has 0 spiro atoms. The second-order valence-corrected chi connectivity index (χ2v) is 19.1. The number of H-pyrrole nitrogens is 1. The Bertz CT molecular complexity index is 2280. The zero-order valence-corrected chi connectivity index (χ0v) is 36.2. The number of aliphatic imine (C=N–C) groups is 1. The van der Waals surface area contributed by atoms with E-state index in [-0.39, 0.29) is 28.5 Å². The second-order valence-electron chi connectivity index (χ2n) is 16.8. The van der Waals surface area contributed by atoms with Gasteiger partial charge in [0.05, 0.1) is 21.8 Å². The first-order valence-electron chi connectivity index (χ1n) is 19.9. The largest absolute Gasteiger partial charge is 0.370 e. The summed E-state index contributed by atoms with van der Waals surface area (Å²) in [7, 11) is -3.56. The smallest absolute Gasteiger partial charge is 0.354 e. The molecule has 1 aliphatic heterocycles. The number of halogens is 1. The maximum absolute atomic E-state index is 13.5. The summed E-state index contributed by atoms with van der Waals surface area (Å²) in [6.45, 7) is 17.7. The number of nitrogens with two attached hydrogens (primary N) is 2. The molecule has 14 nitrogen and oxygen atoms in total. The number of rotatable bonds is 14. The number of aryl methyl sites for hydroxylation is 1. The zero-order valence-electron chi connectivity index (χ0n) is 34.6. The molecule has 1 saturated heterocycles. The van der Waals surface area contributed by atoms with Crippen molar-refractivity contribution in [3.05, 3.63) is 106 Å². The number of aromatic nitrogens is 5. The normalized spacial score (nSPS) is 14.1. The van der Waals surface area contributed by atoms with Gasteiger partial charge in [-0.1, -0.05) is 77.4 Å². The van der Waals surface area contributed by atoms with Gasteiger partial charge in [-0.25, -0.2) is 13.2 Å². The lowest BCUT2D eigenvalue weighted by Gasteiger charge is -2.34. The van der Waals surface area contributed by atoms with Crippen LogP contribution in [0, 0.1) is 0 Å². The molecule has 0 saturated carbocycles. The molecule has 0 unspecified atom stereocenters. The van der Waals surface area contributed by atoms with E-state index in [0.717, 1.165) is 73.3 Å². The van der Waals surface area contributed by atoms with Gasteiger partial charge >= 0.3 is 5.69 Å². The topological polar surface area (TPSA) is 194 Å². The number of hydrogen-bond donors (Lipinski definition) is 5. The number of nitrogens with one attached hydrogen (secondary N) is 3. The highest BCUT2D eigenvalue weighted by Crippen LogP contribution is 2.28. The number of nitrogens with zero attached hydrogens (tertiary/aromatic N) is 6. The number of hydrogen-bond acceptors (Lipinski definition) is 8. The van der Waals surface area contributed by atoms with Gasteiger partial charge in [-0.3, -0.25) is 14.2 Å². The van der Waals surface area contributed by atoms with E-state index >= 15 is 0 Å². The van der Waals surface area contributed by atoms with Crippen LogP contribution < -0.4 is 27.8 Å². The van der Waals surface area contributed by atoms with Crippen LogP contribution in [0.1, 0.15) is 84.0 Å². The van der Waals surface area contributed by atoms with Crippen LogP contribution in [0.25, 0.3) is 16.7 Å². The van der Waals surface area contributed by atoms with Gasteiger partial charge in [0.1, 0.15) is 5.65 Å². The Labute approximate surface area is 347 Å². The Morgan fingerprint density at radius 3 is 2.28 bits per heavy atom. The molecule has 1 aliphatic rings. The van der Waals surface area contributed by atoms with E-state index in [1.165, 1.54) is 0 Å². The molecule has 58 heavy (non-hydrogen) atoms. The van der Waals surface area contributed by atoms with Gasteiger partial charge in [0.2, 0.25) is 10.0 Å². The Kier molecular flexibility index (Phi) is 15.0. The number of piperidine rings is 1. The van der Waals surface area contributed by atoms with E-state index in [1.54, 1.807) is 38.1 Å². The first-order valence-corrected chi connectivity index (χ1v) is 21.7. The third-order valence-electron chi connectivity index (χ3n) is 10.1. The van der Waals surface area contributed by atoms with Crippen molar-refractivity contribution >= 4 is 38.6 Å². The highest BCUT2D eigenvalue weighted by atomic mass is 35.5. The monoisotopic (exact) mass is 833 g/mol. The van der Waals surface area contributed by atoms with Crippen LogP contribution >= 0.6 is 11.6 Å². The molecule has 4 heterocycles. The second kappa shape index (κ2) is 19.5. The third-order valence-corrected chi connectivity index (χ3v) is 12.2. The molecule has 16 heteroatoms. The summed E-state index contributed by atoms with van der Waals surface area (Å²) in [5.41, 5.74) is 15.0. The summed E-state index contributed by atoms with van der Waals surface area (Å²) < 4.78 is 32.0. The third kappa shape index (κ3) is 12.2. The number of guanidine groups is 1. The van der Waals surface area contributed by atoms with Crippen molar-refractivity contribution in [2.45, 2.75) is 102 Å². The fraction of sp³-hybridized carbons (Fsp3) is 0.476. The minimum atomic E-state index is -3.56. The average molecular weight is 835 g/mol. The summed E-state index contributed by atoms with van der Waals surface area (Å²) in [6.07, 6.45) is 8.40. The summed E-state index contributed by atoms with van der Waals surface area (Å²) in [6, 6.07) is 17.3. The summed E-state index contributed by atoms with van der Waals surface area (Å²) in [5.74, 6) is 0.123. The van der Waals surface area contributed by atoms with Gasteiger partial charge in [-0.15, -0.1) is 0 Å². The molecule has 0 atom stereocenters. The average Bonchev–Trinajstić information content (AvgIpc) is 3.80. The molecule has 0 radical (unpaired) electrons. The van der Waals surface area contributed by atoms with E-state index in [9.17, 15) is 13.2 Å². The molecular formula is C42H60ClN11O3S. The lowest BCUT2D eigenvalue weighted by atomic mass is 9.87. The molecule has 0 aliphatic carbocycles. The first-order chi connectivity index (χ1) is 27.4. The standard InChI is InChI=1S/C21H31ClN4O2S.C21H29N7O/c1-21(2,3)17-5-7-20(8-6-17)29(27,28)26(19-9-11-23-12-10-19)14-4-13-25-16-18(22)15-24-25;1-21(2,3)17-11-15-13-28(20(29)27-18(15)26-17)16-7-5-14(6-8-16)12-24-9-4-10-25-19(22)23/h5-8,15-16,19,23H,4,9-14H2,1-3H3;5-8,11,13,24H,4,9-10,12H2,1-3H3,(H4,22,23,25)(H,26,27,29). The molecule has 6 rings (SSSR count). The van der Waals surface area contributed by atoms with Crippen LogP contribution in [-0.4, -0.2) is 81.8 Å². The maximum atomic E-state index is 13.5. The SMILES string of the molecule is CC(C)(C)c1cc2cn(-c3ccc(CNCCCN=C(N)N)cc3)c(=O)nc2[nH]1.CC(C)(C)c1ccc(S(=O)(=O)N(CCCn2cc(Cl)cn2)C2CCNCC2)cc1. The predicted octanol–water partition coefficient (Wildman–Crippen LogP) is 5.43. The minimum Gasteiger partial charge on any atom is -0.370 e. The van der Waals surface area contributed by atoms with E-state index in [2.05, 4.69) is 78.3 Å². The van der Waals surface area contributed by atoms with Crippen LogP contribution in [0.15, 0.2) is 87.9 Å². The molecule has 7 N–H and O–H groups in total. The molecule has 2 aromatic carbocycles. The van der Waals surface area contributed by atoms with Gasteiger partial charge in [0.15, 0.2) is 5.96 Å². The molecule has 0 bridgehead atoms. The van der Waals surface area contributed by atoms with Crippen LogP contribution in [0.5, 0.6) is 0 Å². The van der Waals surface area contributed by atoms with Crippen molar-refractivity contribution < 1.29 is 8.42 Å². The van der Waals surface area contributed by atoms with Gasteiger partial charge in [0.25, 0.3) is 0 Å². The van der Waals surface area contributed by atoms with E-state index < -0.39 is 10.0 Å². The molecule has 1 fully saturated rings. The van der Waals surface area contributed by atoms with Gasteiger partial charge in [-0.2, -0.15) is 14.4 Å². The summed E-state index contributed by atoms with van der Waals surface area (Å²) in [4.78, 5) is 24.3.